The number of carbonyl (C=O) groups is 1. The van der Waals surface area contributed by atoms with Crippen molar-refractivity contribution in [2.45, 2.75) is 70.1 Å². The molecule has 0 saturated heterocycles. The third kappa shape index (κ3) is 2.79. The standard InChI is InChI=1S/C21H29N5O2/c1-20(2,3)26-19(25-6-4-5-22-25)16(12-23-26)18(27)24-17-14-7-13-8-15(17)11-21(28,9-13)10-14/h4-6,12-15,17,28H,7-11H2,1-3H3,(H,24,27). The Morgan fingerprint density at radius 2 is 1.93 bits per heavy atom. The molecule has 7 nitrogen and oxygen atoms in total. The van der Waals surface area contributed by atoms with Crippen LogP contribution in [-0.4, -0.2) is 42.2 Å². The Balaban J connectivity index is 1.45. The van der Waals surface area contributed by atoms with Gasteiger partial charge in [0.15, 0.2) is 5.82 Å². The summed E-state index contributed by atoms with van der Waals surface area (Å²) in [7, 11) is 0. The van der Waals surface area contributed by atoms with E-state index < -0.39 is 5.60 Å². The molecule has 4 fully saturated rings. The van der Waals surface area contributed by atoms with Gasteiger partial charge in [0.2, 0.25) is 0 Å². The smallest absolute Gasteiger partial charge is 0.256 e. The fourth-order valence-corrected chi connectivity index (χ4v) is 6.05. The molecule has 2 atom stereocenters. The van der Waals surface area contributed by atoms with Gasteiger partial charge in [-0.15, -0.1) is 0 Å². The second kappa shape index (κ2) is 5.92. The van der Waals surface area contributed by atoms with Gasteiger partial charge in [0.1, 0.15) is 5.56 Å². The summed E-state index contributed by atoms with van der Waals surface area (Å²) in [6.45, 7) is 6.19. The van der Waals surface area contributed by atoms with Crippen LogP contribution in [0.15, 0.2) is 24.7 Å². The summed E-state index contributed by atoms with van der Waals surface area (Å²) in [5.41, 5.74) is -0.216. The molecule has 28 heavy (non-hydrogen) atoms. The first-order chi connectivity index (χ1) is 13.2. The van der Waals surface area contributed by atoms with Crippen LogP contribution in [0.5, 0.6) is 0 Å². The molecule has 7 heteroatoms. The van der Waals surface area contributed by atoms with Gasteiger partial charge in [-0.05, 0) is 76.7 Å². The number of nitrogens with zero attached hydrogens (tertiary/aromatic N) is 4. The van der Waals surface area contributed by atoms with Gasteiger partial charge in [-0.3, -0.25) is 4.79 Å². The van der Waals surface area contributed by atoms with E-state index in [0.29, 0.717) is 29.1 Å². The maximum Gasteiger partial charge on any atom is 0.256 e. The molecule has 6 rings (SSSR count). The second-order valence-electron chi connectivity index (χ2n) is 10.1. The van der Waals surface area contributed by atoms with Crippen molar-refractivity contribution < 1.29 is 9.90 Å². The molecule has 150 valence electrons. The van der Waals surface area contributed by atoms with Crippen LogP contribution >= 0.6 is 0 Å². The second-order valence-corrected chi connectivity index (χ2v) is 10.1. The normalized spacial score (nSPS) is 34.0. The highest BCUT2D eigenvalue weighted by Crippen LogP contribution is 2.55. The first-order valence-corrected chi connectivity index (χ1v) is 10.4. The summed E-state index contributed by atoms with van der Waals surface area (Å²) in [5, 5.41) is 23.0. The van der Waals surface area contributed by atoms with E-state index in [0.717, 1.165) is 32.1 Å². The van der Waals surface area contributed by atoms with Crippen molar-refractivity contribution in [2.24, 2.45) is 17.8 Å². The molecule has 4 saturated carbocycles. The van der Waals surface area contributed by atoms with Crippen molar-refractivity contribution in [2.75, 3.05) is 0 Å². The van der Waals surface area contributed by atoms with Gasteiger partial charge < -0.3 is 10.4 Å². The molecule has 0 spiro atoms. The first-order valence-electron chi connectivity index (χ1n) is 10.4. The fraction of sp³-hybridized carbons (Fsp3) is 0.667. The zero-order valence-corrected chi connectivity index (χ0v) is 16.8. The maximum atomic E-state index is 13.3. The van der Waals surface area contributed by atoms with Crippen LogP contribution in [0.25, 0.3) is 5.82 Å². The zero-order valence-electron chi connectivity index (χ0n) is 16.8. The lowest BCUT2D eigenvalue weighted by molar-refractivity contribution is -0.136. The summed E-state index contributed by atoms with van der Waals surface area (Å²) >= 11 is 0. The highest BCUT2D eigenvalue weighted by Gasteiger charge is 2.55. The molecule has 2 heterocycles. The number of hydrogen-bond donors (Lipinski definition) is 2. The van der Waals surface area contributed by atoms with Crippen molar-refractivity contribution >= 4 is 5.91 Å². The summed E-state index contributed by atoms with van der Waals surface area (Å²) in [6.07, 6.45) is 10.0. The predicted octanol–water partition coefficient (Wildman–Crippen LogP) is 2.49. The molecule has 2 N–H and O–H groups in total. The number of nitrogens with one attached hydrogen (secondary N) is 1. The molecule has 4 bridgehead atoms. The van der Waals surface area contributed by atoms with E-state index in [-0.39, 0.29) is 17.5 Å². The van der Waals surface area contributed by atoms with E-state index in [9.17, 15) is 9.90 Å². The summed E-state index contributed by atoms with van der Waals surface area (Å²) in [5.74, 6) is 1.99. The third-order valence-corrected chi connectivity index (χ3v) is 6.88. The highest BCUT2D eigenvalue weighted by atomic mass is 16.3. The summed E-state index contributed by atoms with van der Waals surface area (Å²) < 4.78 is 3.57. The summed E-state index contributed by atoms with van der Waals surface area (Å²) in [4.78, 5) is 13.3. The number of hydrogen-bond acceptors (Lipinski definition) is 4. The first kappa shape index (κ1) is 17.9. The average Bonchev–Trinajstić information content (AvgIpc) is 3.24. The van der Waals surface area contributed by atoms with E-state index in [4.69, 9.17) is 0 Å². The van der Waals surface area contributed by atoms with Crippen LogP contribution < -0.4 is 5.32 Å². The minimum atomic E-state index is -0.491. The predicted molar refractivity (Wildman–Crippen MR) is 104 cm³/mol. The van der Waals surface area contributed by atoms with Gasteiger partial charge in [-0.2, -0.15) is 10.2 Å². The maximum absolute atomic E-state index is 13.3. The van der Waals surface area contributed by atoms with Crippen LogP contribution in [0, 0.1) is 17.8 Å². The van der Waals surface area contributed by atoms with Gasteiger partial charge in [0.05, 0.1) is 17.3 Å². The SMILES string of the molecule is CC(C)(C)n1ncc(C(=O)NC2C3CC4CC2CC(O)(C4)C3)c1-n1cccn1. The number of amides is 1. The highest BCUT2D eigenvalue weighted by molar-refractivity contribution is 5.97. The van der Waals surface area contributed by atoms with Gasteiger partial charge in [0, 0.05) is 18.4 Å². The average molecular weight is 383 g/mol. The van der Waals surface area contributed by atoms with Crippen molar-refractivity contribution in [3.05, 3.63) is 30.2 Å². The summed E-state index contributed by atoms with van der Waals surface area (Å²) in [6, 6.07) is 1.99. The quantitative estimate of drug-likeness (QED) is 0.853. The molecule has 0 radical (unpaired) electrons. The Bertz CT molecular complexity index is 879. The van der Waals surface area contributed by atoms with Crippen molar-refractivity contribution in [3.63, 3.8) is 0 Å². The Labute approximate surface area is 165 Å². The third-order valence-electron chi connectivity index (χ3n) is 6.88. The van der Waals surface area contributed by atoms with Crippen LogP contribution in [-0.2, 0) is 5.54 Å². The Morgan fingerprint density at radius 3 is 2.50 bits per heavy atom. The zero-order chi connectivity index (χ0) is 19.7. The largest absolute Gasteiger partial charge is 0.390 e. The van der Waals surface area contributed by atoms with Gasteiger partial charge in [-0.25, -0.2) is 9.36 Å². The Morgan fingerprint density at radius 1 is 1.21 bits per heavy atom. The minimum Gasteiger partial charge on any atom is -0.390 e. The van der Waals surface area contributed by atoms with Crippen LogP contribution in [0.2, 0.25) is 0 Å². The van der Waals surface area contributed by atoms with Crippen LogP contribution in [0.3, 0.4) is 0 Å². The number of carbonyl (C=O) groups excluding carboxylic acids is 1. The van der Waals surface area contributed by atoms with E-state index in [1.165, 1.54) is 0 Å². The molecule has 1 amide bonds. The molecule has 4 aliphatic rings. The lowest BCUT2D eigenvalue weighted by atomic mass is 9.52. The molecule has 4 aliphatic carbocycles. The van der Waals surface area contributed by atoms with Gasteiger partial charge >= 0.3 is 0 Å². The van der Waals surface area contributed by atoms with Gasteiger partial charge in [0.25, 0.3) is 5.91 Å². The minimum absolute atomic E-state index is 0.0922. The molecule has 2 aromatic rings. The molecular formula is C21H29N5O2. The monoisotopic (exact) mass is 383 g/mol. The number of rotatable bonds is 3. The molecule has 0 aromatic carbocycles. The Kier molecular flexibility index (Phi) is 3.79. The van der Waals surface area contributed by atoms with Crippen LogP contribution in [0.4, 0.5) is 0 Å². The van der Waals surface area contributed by atoms with Crippen molar-refractivity contribution in [3.8, 4) is 5.82 Å². The van der Waals surface area contributed by atoms with Crippen molar-refractivity contribution in [1.82, 2.24) is 24.9 Å². The van der Waals surface area contributed by atoms with E-state index in [2.05, 4.69) is 36.3 Å². The lowest BCUT2D eigenvalue weighted by Crippen LogP contribution is -2.61. The topological polar surface area (TPSA) is 85.0 Å². The molecule has 0 aliphatic heterocycles. The molecule has 2 unspecified atom stereocenters. The van der Waals surface area contributed by atoms with Crippen LogP contribution in [0.1, 0.15) is 63.2 Å². The lowest BCUT2D eigenvalue weighted by Gasteiger charge is -2.58. The number of aliphatic hydroxyl groups is 1. The van der Waals surface area contributed by atoms with E-state index >= 15 is 0 Å². The van der Waals surface area contributed by atoms with E-state index in [1.54, 1.807) is 17.1 Å². The number of aromatic nitrogens is 4. The molecule has 2 aromatic heterocycles. The van der Waals surface area contributed by atoms with Gasteiger partial charge in [-0.1, -0.05) is 0 Å². The fourth-order valence-electron chi connectivity index (χ4n) is 6.05. The Hall–Kier alpha value is -2.15. The molecular weight excluding hydrogens is 354 g/mol. The van der Waals surface area contributed by atoms with Crippen molar-refractivity contribution in [1.29, 1.82) is 0 Å². The van der Waals surface area contributed by atoms with E-state index in [1.807, 2.05) is 16.9 Å².